The molecule has 0 spiro atoms. The minimum Gasteiger partial charge on any atom is -0.377 e. The van der Waals surface area contributed by atoms with Gasteiger partial charge < -0.3 is 15.4 Å². The maximum Gasteiger partial charge on any atom is 0.128 e. The van der Waals surface area contributed by atoms with Crippen molar-refractivity contribution in [2.24, 2.45) is 5.73 Å². The quantitative estimate of drug-likeness (QED) is 0.848. The summed E-state index contributed by atoms with van der Waals surface area (Å²) in [7, 11) is 0. The molecule has 2 rings (SSSR count). The smallest absolute Gasteiger partial charge is 0.128 e. The third kappa shape index (κ3) is 3.17. The minimum absolute atomic E-state index is 0.0531. The molecule has 1 aliphatic rings. The summed E-state index contributed by atoms with van der Waals surface area (Å²) in [6.07, 6.45) is 3.15. The van der Waals surface area contributed by atoms with Crippen molar-refractivity contribution in [1.29, 1.82) is 0 Å². The van der Waals surface area contributed by atoms with E-state index in [0.29, 0.717) is 0 Å². The van der Waals surface area contributed by atoms with Crippen molar-refractivity contribution in [2.75, 3.05) is 24.6 Å². The van der Waals surface area contributed by atoms with Gasteiger partial charge in [-0.25, -0.2) is 4.98 Å². The number of anilines is 1. The predicted octanol–water partition coefficient (Wildman–Crippen LogP) is 1.72. The van der Waals surface area contributed by atoms with Crippen LogP contribution in [0.2, 0.25) is 0 Å². The van der Waals surface area contributed by atoms with Crippen LogP contribution in [0.25, 0.3) is 0 Å². The van der Waals surface area contributed by atoms with E-state index in [-0.39, 0.29) is 12.1 Å². The highest BCUT2D eigenvalue weighted by Gasteiger charge is 2.16. The van der Waals surface area contributed by atoms with Gasteiger partial charge in [-0.1, -0.05) is 0 Å². The second-order valence-corrected chi connectivity index (χ2v) is 4.72. The molecule has 0 bridgehead atoms. The Hall–Kier alpha value is -1.13. The lowest BCUT2D eigenvalue weighted by molar-refractivity contribution is 0.0820. The van der Waals surface area contributed by atoms with E-state index in [9.17, 15) is 0 Å². The Kier molecular flexibility index (Phi) is 3.97. The van der Waals surface area contributed by atoms with Gasteiger partial charge in [0.2, 0.25) is 0 Å². The molecular weight excluding hydrogens is 214 g/mol. The molecule has 0 aromatic carbocycles. The summed E-state index contributed by atoms with van der Waals surface area (Å²) in [5.41, 5.74) is 7.03. The first-order chi connectivity index (χ1) is 8.16. The van der Waals surface area contributed by atoms with Gasteiger partial charge >= 0.3 is 0 Å². The lowest BCUT2D eigenvalue weighted by atomic mass is 10.1. The van der Waals surface area contributed by atoms with Crippen molar-refractivity contribution in [1.82, 2.24) is 4.98 Å². The number of hydrogen-bond acceptors (Lipinski definition) is 4. The normalized spacial score (nSPS) is 23.2. The van der Waals surface area contributed by atoms with E-state index in [1.807, 2.05) is 19.2 Å². The molecule has 17 heavy (non-hydrogen) atoms. The number of nitrogens with two attached hydrogens (primary N) is 1. The van der Waals surface area contributed by atoms with Gasteiger partial charge in [0.15, 0.2) is 0 Å². The van der Waals surface area contributed by atoms with E-state index in [1.165, 1.54) is 0 Å². The molecule has 94 valence electrons. The first kappa shape index (κ1) is 12.3. The Balaban J connectivity index is 2.17. The van der Waals surface area contributed by atoms with Gasteiger partial charge in [0, 0.05) is 31.9 Å². The van der Waals surface area contributed by atoms with Crippen molar-refractivity contribution in [3.05, 3.63) is 23.9 Å². The average Bonchev–Trinajstić information content (AvgIpc) is 2.54. The van der Waals surface area contributed by atoms with Crippen LogP contribution in [0.4, 0.5) is 5.82 Å². The fourth-order valence-electron chi connectivity index (χ4n) is 2.09. The molecule has 1 fully saturated rings. The maximum atomic E-state index is 5.90. The summed E-state index contributed by atoms with van der Waals surface area (Å²) in [6.45, 7) is 6.83. The average molecular weight is 235 g/mol. The van der Waals surface area contributed by atoms with Crippen LogP contribution in [0.5, 0.6) is 0 Å². The van der Waals surface area contributed by atoms with Gasteiger partial charge in [0.05, 0.1) is 6.10 Å². The number of pyridine rings is 1. The largest absolute Gasteiger partial charge is 0.377 e. The summed E-state index contributed by atoms with van der Waals surface area (Å²) in [6, 6.07) is 4.12. The molecule has 1 aromatic heterocycles. The van der Waals surface area contributed by atoms with Crippen molar-refractivity contribution in [3.8, 4) is 0 Å². The molecule has 0 amide bonds. The van der Waals surface area contributed by atoms with Gasteiger partial charge in [0.25, 0.3) is 0 Å². The lowest BCUT2D eigenvalue weighted by Gasteiger charge is -2.23. The van der Waals surface area contributed by atoms with Crippen molar-refractivity contribution >= 4 is 5.82 Å². The van der Waals surface area contributed by atoms with Crippen LogP contribution in [-0.2, 0) is 4.74 Å². The van der Waals surface area contributed by atoms with Gasteiger partial charge in [-0.15, -0.1) is 0 Å². The summed E-state index contributed by atoms with van der Waals surface area (Å²) >= 11 is 0. The predicted molar refractivity (Wildman–Crippen MR) is 69.1 cm³/mol. The first-order valence-corrected chi connectivity index (χ1v) is 6.25. The van der Waals surface area contributed by atoms with Crippen molar-refractivity contribution in [3.63, 3.8) is 0 Å². The van der Waals surface area contributed by atoms with Crippen LogP contribution >= 0.6 is 0 Å². The zero-order valence-corrected chi connectivity index (χ0v) is 10.6. The Morgan fingerprint density at radius 1 is 1.59 bits per heavy atom. The Bertz CT molecular complexity index is 367. The van der Waals surface area contributed by atoms with Crippen LogP contribution in [0, 0.1) is 0 Å². The second-order valence-electron chi connectivity index (χ2n) is 4.72. The van der Waals surface area contributed by atoms with Crippen LogP contribution in [0.15, 0.2) is 18.3 Å². The van der Waals surface area contributed by atoms with Crippen LogP contribution in [0.3, 0.4) is 0 Å². The monoisotopic (exact) mass is 235 g/mol. The van der Waals surface area contributed by atoms with Gasteiger partial charge in [-0.05, 0) is 38.0 Å². The summed E-state index contributed by atoms with van der Waals surface area (Å²) in [5.74, 6) is 1.01. The summed E-state index contributed by atoms with van der Waals surface area (Å²) < 4.78 is 5.64. The van der Waals surface area contributed by atoms with Crippen LogP contribution in [-0.4, -0.2) is 30.8 Å². The SMILES string of the molecule is CC1CN(c2cc([C@@H](C)N)ccn2)CCCO1. The molecule has 2 heterocycles. The Labute approximate surface area is 103 Å². The van der Waals surface area contributed by atoms with Gasteiger partial charge in [-0.3, -0.25) is 0 Å². The zero-order chi connectivity index (χ0) is 12.3. The minimum atomic E-state index is 0.0531. The molecule has 0 saturated carbocycles. The maximum absolute atomic E-state index is 5.90. The van der Waals surface area contributed by atoms with Gasteiger partial charge in [0.1, 0.15) is 5.82 Å². The fraction of sp³-hybridized carbons (Fsp3) is 0.615. The molecule has 1 aromatic rings. The number of aromatic nitrogens is 1. The Morgan fingerprint density at radius 3 is 3.18 bits per heavy atom. The van der Waals surface area contributed by atoms with Crippen LogP contribution in [0.1, 0.15) is 31.9 Å². The highest BCUT2D eigenvalue weighted by Crippen LogP contribution is 2.19. The fourth-order valence-corrected chi connectivity index (χ4v) is 2.09. The molecule has 4 nitrogen and oxygen atoms in total. The van der Waals surface area contributed by atoms with Gasteiger partial charge in [-0.2, -0.15) is 0 Å². The standard InChI is InChI=1S/C13H21N3O/c1-10-9-16(6-3-7-17-10)13-8-12(11(2)14)4-5-15-13/h4-5,8,10-11H,3,6-7,9,14H2,1-2H3/t10?,11-/m1/s1. The van der Waals surface area contributed by atoms with E-state index < -0.39 is 0 Å². The molecule has 2 atom stereocenters. The molecular formula is C13H21N3O. The Morgan fingerprint density at radius 2 is 2.41 bits per heavy atom. The summed E-state index contributed by atoms with van der Waals surface area (Å²) in [4.78, 5) is 6.72. The number of ether oxygens (including phenoxy) is 1. The van der Waals surface area contributed by atoms with E-state index in [0.717, 1.165) is 37.5 Å². The van der Waals surface area contributed by atoms with E-state index >= 15 is 0 Å². The molecule has 1 unspecified atom stereocenters. The van der Waals surface area contributed by atoms with Crippen molar-refractivity contribution < 1.29 is 4.74 Å². The van der Waals surface area contributed by atoms with E-state index in [1.54, 1.807) is 0 Å². The van der Waals surface area contributed by atoms with E-state index in [2.05, 4.69) is 22.9 Å². The summed E-state index contributed by atoms with van der Waals surface area (Å²) in [5, 5.41) is 0. The molecule has 1 aliphatic heterocycles. The number of hydrogen-bond donors (Lipinski definition) is 1. The molecule has 4 heteroatoms. The second kappa shape index (κ2) is 5.47. The molecule has 1 saturated heterocycles. The highest BCUT2D eigenvalue weighted by molar-refractivity contribution is 5.42. The first-order valence-electron chi connectivity index (χ1n) is 6.25. The highest BCUT2D eigenvalue weighted by atomic mass is 16.5. The lowest BCUT2D eigenvalue weighted by Crippen LogP contribution is -2.30. The number of nitrogens with zero attached hydrogens (tertiary/aromatic N) is 2. The third-order valence-corrected chi connectivity index (χ3v) is 3.07. The zero-order valence-electron chi connectivity index (χ0n) is 10.6. The molecule has 0 radical (unpaired) electrons. The van der Waals surface area contributed by atoms with Crippen LogP contribution < -0.4 is 10.6 Å². The van der Waals surface area contributed by atoms with E-state index in [4.69, 9.17) is 10.5 Å². The van der Waals surface area contributed by atoms with Crippen molar-refractivity contribution in [2.45, 2.75) is 32.4 Å². The topological polar surface area (TPSA) is 51.4 Å². The number of rotatable bonds is 2. The third-order valence-electron chi connectivity index (χ3n) is 3.07. The molecule has 2 N–H and O–H groups in total. The molecule has 0 aliphatic carbocycles.